The molecule has 0 aromatic heterocycles. The summed E-state index contributed by atoms with van der Waals surface area (Å²) >= 11 is 0. The molecule has 0 spiro atoms. The fourth-order valence-corrected chi connectivity index (χ4v) is 1.49. The molecule has 0 aliphatic carbocycles. The Kier molecular flexibility index (Phi) is 1.58. The topological polar surface area (TPSA) is 35.2 Å². The first-order valence-corrected chi connectivity index (χ1v) is 4.14. The number of benzene rings is 1. The lowest BCUT2D eigenvalue weighted by Crippen LogP contribution is -2.43. The molecule has 1 saturated heterocycles. The summed E-state index contributed by atoms with van der Waals surface area (Å²) in [5.74, 6) is 0. The van der Waals surface area contributed by atoms with Gasteiger partial charge in [0.25, 0.3) is 0 Å². The SMILES string of the molecule is CC1(c2cccc(N)c2)COC1. The Hall–Kier alpha value is -1.02. The van der Waals surface area contributed by atoms with Gasteiger partial charge in [-0.2, -0.15) is 0 Å². The van der Waals surface area contributed by atoms with Crippen molar-refractivity contribution in [2.45, 2.75) is 12.3 Å². The number of ether oxygens (including phenoxy) is 1. The van der Waals surface area contributed by atoms with Crippen molar-refractivity contribution in [3.63, 3.8) is 0 Å². The van der Waals surface area contributed by atoms with E-state index < -0.39 is 0 Å². The molecule has 2 heteroatoms. The normalized spacial score (nSPS) is 20.1. The molecule has 1 aliphatic heterocycles. The van der Waals surface area contributed by atoms with E-state index in [4.69, 9.17) is 10.5 Å². The van der Waals surface area contributed by atoms with Crippen LogP contribution in [-0.2, 0) is 10.2 Å². The van der Waals surface area contributed by atoms with Crippen LogP contribution in [0.5, 0.6) is 0 Å². The summed E-state index contributed by atoms with van der Waals surface area (Å²) in [4.78, 5) is 0. The summed E-state index contributed by atoms with van der Waals surface area (Å²) in [5.41, 5.74) is 8.02. The molecule has 0 unspecified atom stereocenters. The third-order valence-corrected chi connectivity index (χ3v) is 2.42. The summed E-state index contributed by atoms with van der Waals surface area (Å²) < 4.78 is 5.19. The minimum absolute atomic E-state index is 0.204. The maximum absolute atomic E-state index is 5.69. The Bertz CT molecular complexity index is 292. The van der Waals surface area contributed by atoms with E-state index in [1.165, 1.54) is 5.56 Å². The first kappa shape index (κ1) is 7.62. The summed E-state index contributed by atoms with van der Waals surface area (Å²) in [5, 5.41) is 0. The molecule has 0 saturated carbocycles. The molecule has 1 aromatic rings. The molecule has 12 heavy (non-hydrogen) atoms. The first-order valence-electron chi connectivity index (χ1n) is 4.14. The zero-order valence-electron chi connectivity index (χ0n) is 7.21. The predicted molar refractivity (Wildman–Crippen MR) is 49.0 cm³/mol. The highest BCUT2D eigenvalue weighted by Gasteiger charge is 2.34. The van der Waals surface area contributed by atoms with Gasteiger partial charge >= 0.3 is 0 Å². The summed E-state index contributed by atoms with van der Waals surface area (Å²) in [7, 11) is 0. The zero-order valence-corrected chi connectivity index (χ0v) is 7.21. The van der Waals surface area contributed by atoms with Gasteiger partial charge < -0.3 is 10.5 Å². The molecule has 1 aliphatic rings. The van der Waals surface area contributed by atoms with E-state index in [9.17, 15) is 0 Å². The van der Waals surface area contributed by atoms with Crippen molar-refractivity contribution in [1.82, 2.24) is 0 Å². The molecule has 64 valence electrons. The zero-order chi connectivity index (χ0) is 8.60. The molecule has 2 rings (SSSR count). The van der Waals surface area contributed by atoms with Crippen molar-refractivity contribution in [3.8, 4) is 0 Å². The molecule has 0 amide bonds. The van der Waals surface area contributed by atoms with Crippen LogP contribution in [0.25, 0.3) is 0 Å². The number of anilines is 1. The van der Waals surface area contributed by atoms with Crippen LogP contribution in [0.1, 0.15) is 12.5 Å². The lowest BCUT2D eigenvalue weighted by molar-refractivity contribution is -0.0499. The van der Waals surface area contributed by atoms with Gasteiger partial charge in [0.15, 0.2) is 0 Å². The van der Waals surface area contributed by atoms with Crippen molar-refractivity contribution in [3.05, 3.63) is 29.8 Å². The van der Waals surface area contributed by atoms with Crippen molar-refractivity contribution >= 4 is 5.69 Å². The van der Waals surface area contributed by atoms with Gasteiger partial charge in [0.2, 0.25) is 0 Å². The van der Waals surface area contributed by atoms with Gasteiger partial charge in [0.1, 0.15) is 0 Å². The van der Waals surface area contributed by atoms with E-state index in [-0.39, 0.29) is 5.41 Å². The maximum Gasteiger partial charge on any atom is 0.0582 e. The van der Waals surface area contributed by atoms with Crippen LogP contribution in [0.2, 0.25) is 0 Å². The van der Waals surface area contributed by atoms with E-state index in [1.54, 1.807) is 0 Å². The third kappa shape index (κ3) is 1.08. The predicted octanol–water partition coefficient (Wildman–Crippen LogP) is 1.56. The maximum atomic E-state index is 5.69. The minimum atomic E-state index is 0.204. The van der Waals surface area contributed by atoms with Crippen LogP contribution in [-0.4, -0.2) is 13.2 Å². The molecule has 1 heterocycles. The van der Waals surface area contributed by atoms with Gasteiger partial charge in [-0.15, -0.1) is 0 Å². The van der Waals surface area contributed by atoms with Gasteiger partial charge in [0.05, 0.1) is 13.2 Å². The second-order valence-corrected chi connectivity index (χ2v) is 3.68. The highest BCUT2D eigenvalue weighted by atomic mass is 16.5. The second kappa shape index (κ2) is 2.49. The Morgan fingerprint density at radius 2 is 2.17 bits per heavy atom. The number of hydrogen-bond acceptors (Lipinski definition) is 2. The number of nitrogens with two attached hydrogens (primary N) is 1. The molecular formula is C10H13NO. The third-order valence-electron chi connectivity index (χ3n) is 2.42. The van der Waals surface area contributed by atoms with Crippen molar-refractivity contribution in [2.75, 3.05) is 18.9 Å². The Morgan fingerprint density at radius 1 is 1.42 bits per heavy atom. The molecule has 2 nitrogen and oxygen atoms in total. The fraction of sp³-hybridized carbons (Fsp3) is 0.400. The van der Waals surface area contributed by atoms with Gasteiger partial charge in [0, 0.05) is 11.1 Å². The van der Waals surface area contributed by atoms with Crippen LogP contribution < -0.4 is 5.73 Å². The lowest BCUT2D eigenvalue weighted by atomic mass is 9.81. The molecule has 0 radical (unpaired) electrons. The molecular weight excluding hydrogens is 150 g/mol. The van der Waals surface area contributed by atoms with E-state index in [0.29, 0.717) is 0 Å². The lowest BCUT2D eigenvalue weighted by Gasteiger charge is -2.38. The standard InChI is InChI=1S/C10H13NO/c1-10(6-12-7-10)8-3-2-4-9(11)5-8/h2-5H,6-7,11H2,1H3. The Labute approximate surface area is 72.3 Å². The monoisotopic (exact) mass is 163 g/mol. The molecule has 1 aromatic carbocycles. The number of rotatable bonds is 1. The Balaban J connectivity index is 2.33. The van der Waals surface area contributed by atoms with Gasteiger partial charge in [-0.1, -0.05) is 19.1 Å². The quantitative estimate of drug-likeness (QED) is 0.637. The highest BCUT2D eigenvalue weighted by molar-refractivity contribution is 5.43. The summed E-state index contributed by atoms with van der Waals surface area (Å²) in [6.45, 7) is 3.83. The van der Waals surface area contributed by atoms with Gasteiger partial charge in [-0.3, -0.25) is 0 Å². The smallest absolute Gasteiger partial charge is 0.0582 e. The number of hydrogen-bond donors (Lipinski definition) is 1. The molecule has 1 fully saturated rings. The van der Waals surface area contributed by atoms with Crippen LogP contribution in [0.4, 0.5) is 5.69 Å². The van der Waals surface area contributed by atoms with Crippen molar-refractivity contribution in [1.29, 1.82) is 0 Å². The van der Waals surface area contributed by atoms with E-state index >= 15 is 0 Å². The van der Waals surface area contributed by atoms with Crippen LogP contribution in [0.15, 0.2) is 24.3 Å². The first-order chi connectivity index (χ1) is 5.71. The van der Waals surface area contributed by atoms with Crippen molar-refractivity contribution < 1.29 is 4.74 Å². The van der Waals surface area contributed by atoms with Gasteiger partial charge in [-0.05, 0) is 17.7 Å². The number of nitrogen functional groups attached to an aromatic ring is 1. The largest absolute Gasteiger partial charge is 0.399 e. The van der Waals surface area contributed by atoms with Crippen LogP contribution in [0, 0.1) is 0 Å². The summed E-state index contributed by atoms with van der Waals surface area (Å²) in [6.07, 6.45) is 0. The molecule has 0 bridgehead atoms. The summed E-state index contributed by atoms with van der Waals surface area (Å²) in [6, 6.07) is 8.04. The molecule has 2 N–H and O–H groups in total. The van der Waals surface area contributed by atoms with Crippen LogP contribution in [0.3, 0.4) is 0 Å². The minimum Gasteiger partial charge on any atom is -0.399 e. The van der Waals surface area contributed by atoms with E-state index in [2.05, 4.69) is 13.0 Å². The highest BCUT2D eigenvalue weighted by Crippen LogP contribution is 2.32. The van der Waals surface area contributed by atoms with Gasteiger partial charge in [-0.25, -0.2) is 0 Å². The average Bonchev–Trinajstić information content (AvgIpc) is 2.00. The van der Waals surface area contributed by atoms with E-state index in [0.717, 1.165) is 18.9 Å². The Morgan fingerprint density at radius 3 is 2.67 bits per heavy atom. The van der Waals surface area contributed by atoms with E-state index in [1.807, 2.05) is 18.2 Å². The van der Waals surface area contributed by atoms with Crippen molar-refractivity contribution in [2.24, 2.45) is 0 Å². The van der Waals surface area contributed by atoms with Crippen LogP contribution >= 0.6 is 0 Å². The average molecular weight is 163 g/mol. The fourth-order valence-electron chi connectivity index (χ4n) is 1.49. The molecule has 0 atom stereocenters. The second-order valence-electron chi connectivity index (χ2n) is 3.68.